The molecule has 0 saturated carbocycles. The lowest BCUT2D eigenvalue weighted by Gasteiger charge is -2.08. The minimum absolute atomic E-state index is 0.0151. The standard InChI is InChI=1S/C13H10Cl2F3N3O3/c1-21-12(24-13(17)18)9(16)10(19-21)5-3-6(11(22)20-23-2)8(15)4-7(5)14/h3-4,13H,1-2H3,(H,20,22). The lowest BCUT2D eigenvalue weighted by Crippen LogP contribution is -2.22. The molecule has 1 aromatic heterocycles. The first kappa shape index (κ1) is 18.4. The topological polar surface area (TPSA) is 65.4 Å². The second kappa shape index (κ2) is 7.29. The van der Waals surface area contributed by atoms with Gasteiger partial charge in [-0.2, -0.15) is 18.3 Å². The fourth-order valence-corrected chi connectivity index (χ4v) is 2.48. The van der Waals surface area contributed by atoms with E-state index in [-0.39, 0.29) is 26.9 Å². The van der Waals surface area contributed by atoms with Crippen LogP contribution >= 0.6 is 23.2 Å². The van der Waals surface area contributed by atoms with Crippen LogP contribution in [0, 0.1) is 5.82 Å². The summed E-state index contributed by atoms with van der Waals surface area (Å²) < 4.78 is 43.9. The number of hydrogen-bond acceptors (Lipinski definition) is 4. The molecule has 0 saturated heterocycles. The van der Waals surface area contributed by atoms with Gasteiger partial charge < -0.3 is 4.74 Å². The van der Waals surface area contributed by atoms with Gasteiger partial charge in [0.05, 0.1) is 22.7 Å². The molecule has 1 aromatic carbocycles. The van der Waals surface area contributed by atoms with E-state index < -0.39 is 24.2 Å². The summed E-state index contributed by atoms with van der Waals surface area (Å²) in [5.41, 5.74) is 1.58. The molecule has 2 aromatic rings. The Balaban J connectivity index is 2.57. The monoisotopic (exact) mass is 383 g/mol. The van der Waals surface area contributed by atoms with Crippen LogP contribution < -0.4 is 10.2 Å². The minimum Gasteiger partial charge on any atom is -0.414 e. The summed E-state index contributed by atoms with van der Waals surface area (Å²) in [4.78, 5) is 16.3. The Labute approximate surface area is 144 Å². The summed E-state index contributed by atoms with van der Waals surface area (Å²) in [6.07, 6.45) is 0. The predicted molar refractivity (Wildman–Crippen MR) is 79.7 cm³/mol. The van der Waals surface area contributed by atoms with Gasteiger partial charge in [0, 0.05) is 12.6 Å². The van der Waals surface area contributed by atoms with Crippen molar-refractivity contribution < 1.29 is 27.5 Å². The molecule has 24 heavy (non-hydrogen) atoms. The third kappa shape index (κ3) is 3.58. The number of nitrogens with one attached hydrogen (secondary N) is 1. The third-order valence-corrected chi connectivity index (χ3v) is 3.52. The molecule has 1 amide bonds. The van der Waals surface area contributed by atoms with Crippen LogP contribution in [-0.4, -0.2) is 29.4 Å². The van der Waals surface area contributed by atoms with Crippen molar-refractivity contribution in [2.75, 3.05) is 7.11 Å². The maximum atomic E-state index is 14.3. The first-order valence-electron chi connectivity index (χ1n) is 6.26. The van der Waals surface area contributed by atoms with Gasteiger partial charge in [-0.05, 0) is 12.1 Å². The van der Waals surface area contributed by atoms with Crippen LogP contribution in [0.5, 0.6) is 5.88 Å². The Morgan fingerprint density at radius 1 is 1.33 bits per heavy atom. The minimum atomic E-state index is -3.23. The van der Waals surface area contributed by atoms with E-state index in [0.717, 1.165) is 10.7 Å². The number of hydroxylamine groups is 1. The zero-order valence-corrected chi connectivity index (χ0v) is 13.8. The van der Waals surface area contributed by atoms with Crippen molar-refractivity contribution in [2.45, 2.75) is 6.61 Å². The first-order valence-corrected chi connectivity index (χ1v) is 7.01. The Bertz CT molecular complexity index is 784. The highest BCUT2D eigenvalue weighted by molar-refractivity contribution is 6.38. The normalized spacial score (nSPS) is 11.0. The number of nitrogens with zero attached hydrogens (tertiary/aromatic N) is 2. The zero-order chi connectivity index (χ0) is 18.0. The number of halogens is 5. The van der Waals surface area contributed by atoms with Crippen LogP contribution in [0.1, 0.15) is 10.4 Å². The molecule has 1 N–H and O–H groups in total. The SMILES string of the molecule is CONC(=O)c1cc(-c2nn(C)c(OC(F)F)c2F)c(Cl)cc1Cl. The smallest absolute Gasteiger partial charge is 0.388 e. The fourth-order valence-electron chi connectivity index (χ4n) is 1.92. The lowest BCUT2D eigenvalue weighted by atomic mass is 10.1. The molecule has 0 unspecified atom stereocenters. The molecule has 0 aliphatic heterocycles. The number of alkyl halides is 2. The summed E-state index contributed by atoms with van der Waals surface area (Å²) in [5.74, 6) is -2.63. The zero-order valence-electron chi connectivity index (χ0n) is 12.2. The van der Waals surface area contributed by atoms with Crippen LogP contribution in [0.2, 0.25) is 10.0 Å². The molecular formula is C13H10Cl2F3N3O3. The largest absolute Gasteiger partial charge is 0.414 e. The molecule has 0 radical (unpaired) electrons. The second-order valence-electron chi connectivity index (χ2n) is 4.42. The summed E-state index contributed by atoms with van der Waals surface area (Å²) >= 11 is 11.9. The van der Waals surface area contributed by atoms with Crippen LogP contribution in [0.3, 0.4) is 0 Å². The number of rotatable bonds is 5. The average Bonchev–Trinajstić information content (AvgIpc) is 2.75. The van der Waals surface area contributed by atoms with Crippen molar-refractivity contribution in [3.63, 3.8) is 0 Å². The maximum Gasteiger partial charge on any atom is 0.388 e. The summed E-state index contributed by atoms with van der Waals surface area (Å²) in [6, 6.07) is 2.36. The van der Waals surface area contributed by atoms with Gasteiger partial charge in [0.2, 0.25) is 5.82 Å². The summed E-state index contributed by atoms with van der Waals surface area (Å²) in [7, 11) is 2.43. The number of ether oxygens (including phenoxy) is 1. The van der Waals surface area contributed by atoms with E-state index >= 15 is 0 Å². The molecule has 11 heteroatoms. The molecule has 1 heterocycles. The number of carbonyl (C=O) groups excluding carboxylic acids is 1. The van der Waals surface area contributed by atoms with E-state index in [1.54, 1.807) is 0 Å². The van der Waals surface area contributed by atoms with Gasteiger partial charge in [0.15, 0.2) is 0 Å². The number of benzene rings is 1. The maximum absolute atomic E-state index is 14.3. The number of hydrogen-bond donors (Lipinski definition) is 1. The molecule has 0 aliphatic rings. The van der Waals surface area contributed by atoms with Crippen LogP contribution in [-0.2, 0) is 11.9 Å². The van der Waals surface area contributed by atoms with Crippen molar-refractivity contribution in [3.8, 4) is 17.1 Å². The van der Waals surface area contributed by atoms with Crippen molar-refractivity contribution in [3.05, 3.63) is 33.6 Å². The molecule has 6 nitrogen and oxygen atoms in total. The number of aryl methyl sites for hydroxylation is 1. The average molecular weight is 384 g/mol. The lowest BCUT2D eigenvalue weighted by molar-refractivity contribution is -0.0576. The fraction of sp³-hybridized carbons (Fsp3) is 0.231. The Morgan fingerprint density at radius 3 is 2.58 bits per heavy atom. The van der Waals surface area contributed by atoms with Crippen molar-refractivity contribution in [1.29, 1.82) is 0 Å². The van der Waals surface area contributed by atoms with E-state index in [0.29, 0.717) is 0 Å². The third-order valence-electron chi connectivity index (χ3n) is 2.89. The highest BCUT2D eigenvalue weighted by atomic mass is 35.5. The molecule has 0 aliphatic carbocycles. The quantitative estimate of drug-likeness (QED) is 0.803. The van der Waals surface area contributed by atoms with E-state index in [1.807, 2.05) is 5.48 Å². The number of carbonyl (C=O) groups is 1. The second-order valence-corrected chi connectivity index (χ2v) is 5.23. The predicted octanol–water partition coefficient (Wildman–Crippen LogP) is 3.43. The van der Waals surface area contributed by atoms with Crippen LogP contribution in [0.15, 0.2) is 12.1 Å². The van der Waals surface area contributed by atoms with Crippen LogP contribution in [0.25, 0.3) is 11.3 Å². The highest BCUT2D eigenvalue weighted by Gasteiger charge is 2.25. The first-order chi connectivity index (χ1) is 11.3. The Morgan fingerprint density at radius 2 is 2.00 bits per heavy atom. The summed E-state index contributed by atoms with van der Waals surface area (Å²) in [5, 5.41) is 3.72. The molecule has 0 atom stereocenters. The van der Waals surface area contributed by atoms with E-state index in [1.165, 1.54) is 20.2 Å². The van der Waals surface area contributed by atoms with Gasteiger partial charge in [-0.1, -0.05) is 23.2 Å². The van der Waals surface area contributed by atoms with Gasteiger partial charge in [-0.3, -0.25) is 9.63 Å². The number of amides is 1. The van der Waals surface area contributed by atoms with E-state index in [4.69, 9.17) is 23.2 Å². The van der Waals surface area contributed by atoms with Crippen molar-refractivity contribution in [2.24, 2.45) is 7.05 Å². The molecule has 0 bridgehead atoms. The van der Waals surface area contributed by atoms with Crippen molar-refractivity contribution in [1.82, 2.24) is 15.3 Å². The van der Waals surface area contributed by atoms with Crippen LogP contribution in [0.4, 0.5) is 13.2 Å². The molecule has 0 spiro atoms. The van der Waals surface area contributed by atoms with E-state index in [2.05, 4.69) is 14.7 Å². The van der Waals surface area contributed by atoms with Crippen molar-refractivity contribution >= 4 is 29.1 Å². The van der Waals surface area contributed by atoms with Gasteiger partial charge in [-0.15, -0.1) is 0 Å². The summed E-state index contributed by atoms with van der Waals surface area (Å²) in [6.45, 7) is -3.23. The van der Waals surface area contributed by atoms with Gasteiger partial charge in [0.25, 0.3) is 11.8 Å². The number of aromatic nitrogens is 2. The Kier molecular flexibility index (Phi) is 5.58. The molecule has 2 rings (SSSR count). The van der Waals surface area contributed by atoms with Gasteiger partial charge >= 0.3 is 6.61 Å². The van der Waals surface area contributed by atoms with Gasteiger partial charge in [0.1, 0.15) is 5.69 Å². The Hall–Kier alpha value is -1.97. The van der Waals surface area contributed by atoms with Gasteiger partial charge in [-0.25, -0.2) is 10.2 Å². The highest BCUT2D eigenvalue weighted by Crippen LogP contribution is 2.36. The molecular weight excluding hydrogens is 374 g/mol. The molecule has 130 valence electrons. The molecule has 0 fully saturated rings. The van der Waals surface area contributed by atoms with E-state index in [9.17, 15) is 18.0 Å².